The molecule has 0 aliphatic carbocycles. The van der Waals surface area contributed by atoms with E-state index in [1.165, 1.54) is 5.56 Å². The van der Waals surface area contributed by atoms with Crippen molar-refractivity contribution < 1.29 is 14.8 Å². The van der Waals surface area contributed by atoms with Gasteiger partial charge in [-0.05, 0) is 31.7 Å². The first kappa shape index (κ1) is 13.1. The smallest absolute Gasteiger partial charge is 0.171 e. The molecule has 1 aromatic rings. The molecule has 0 aliphatic rings. The van der Waals surface area contributed by atoms with Gasteiger partial charge in [0.1, 0.15) is 6.54 Å². The number of pyridine rings is 1. The molecule has 3 nitrogen and oxygen atoms in total. The van der Waals surface area contributed by atoms with Crippen LogP contribution in [0.2, 0.25) is 0 Å². The maximum absolute atomic E-state index is 8.71. The zero-order valence-corrected chi connectivity index (χ0v) is 9.81. The minimum absolute atomic E-state index is 0.275. The van der Waals surface area contributed by atoms with E-state index in [1.54, 1.807) is 0 Å². The molecule has 0 aromatic carbocycles. The van der Waals surface area contributed by atoms with Gasteiger partial charge in [0.2, 0.25) is 0 Å². The fourth-order valence-electron chi connectivity index (χ4n) is 1.71. The molecule has 0 bridgehead atoms. The van der Waals surface area contributed by atoms with E-state index in [0.29, 0.717) is 0 Å². The molecule has 1 heterocycles. The Morgan fingerprint density at radius 3 is 2.50 bits per heavy atom. The van der Waals surface area contributed by atoms with Gasteiger partial charge in [0.05, 0.1) is 0 Å². The maximum Gasteiger partial charge on any atom is 0.171 e. The van der Waals surface area contributed by atoms with Gasteiger partial charge in [0.15, 0.2) is 12.4 Å². The van der Waals surface area contributed by atoms with Crippen LogP contribution < -0.4 is 4.57 Å². The summed E-state index contributed by atoms with van der Waals surface area (Å²) in [7, 11) is 0. The fourth-order valence-corrected chi connectivity index (χ4v) is 1.71. The lowest BCUT2D eigenvalue weighted by Gasteiger charge is -2.00. The standard InChI is InChI=1S/C13H22NO2/c15-10-3-1-6-13-7-5-9-14(12-13)8-2-4-11-16/h5,7,9,12,15-16H,1-4,6,8,10-11H2/q+1. The molecule has 0 radical (unpaired) electrons. The highest BCUT2D eigenvalue weighted by Crippen LogP contribution is 2.02. The fraction of sp³-hybridized carbons (Fsp3) is 0.615. The molecule has 0 unspecified atom stereocenters. The Bertz CT molecular complexity index is 264. The molecule has 0 saturated carbocycles. The SMILES string of the molecule is OCCCCc1ccc[n+](CCCCO)c1. The first-order chi connectivity index (χ1) is 7.86. The summed E-state index contributed by atoms with van der Waals surface area (Å²) in [6.45, 7) is 1.52. The summed E-state index contributed by atoms with van der Waals surface area (Å²) >= 11 is 0. The van der Waals surface area contributed by atoms with E-state index in [9.17, 15) is 0 Å². The molecule has 0 fully saturated rings. The molecule has 16 heavy (non-hydrogen) atoms. The predicted molar refractivity (Wildman–Crippen MR) is 63.0 cm³/mol. The van der Waals surface area contributed by atoms with Gasteiger partial charge in [-0.3, -0.25) is 0 Å². The summed E-state index contributed by atoms with van der Waals surface area (Å²) < 4.78 is 2.17. The third-order valence-electron chi connectivity index (χ3n) is 2.62. The van der Waals surface area contributed by atoms with Gasteiger partial charge in [0.25, 0.3) is 0 Å². The number of aliphatic hydroxyl groups is 2. The van der Waals surface area contributed by atoms with Crippen LogP contribution in [0.4, 0.5) is 0 Å². The molecule has 1 rings (SSSR count). The van der Waals surface area contributed by atoms with Crippen molar-refractivity contribution in [3.8, 4) is 0 Å². The summed E-state index contributed by atoms with van der Waals surface area (Å²) in [5.41, 5.74) is 1.32. The lowest BCUT2D eigenvalue weighted by molar-refractivity contribution is -0.697. The van der Waals surface area contributed by atoms with Crippen molar-refractivity contribution in [2.24, 2.45) is 0 Å². The molecule has 2 N–H and O–H groups in total. The van der Waals surface area contributed by atoms with E-state index in [0.717, 1.165) is 38.6 Å². The highest BCUT2D eigenvalue weighted by molar-refractivity contribution is 5.05. The summed E-state index contributed by atoms with van der Waals surface area (Å²) in [6.07, 6.45) is 9.04. The Labute approximate surface area is 97.4 Å². The van der Waals surface area contributed by atoms with Crippen LogP contribution in [0.5, 0.6) is 0 Å². The second-order valence-electron chi connectivity index (χ2n) is 4.06. The monoisotopic (exact) mass is 224 g/mol. The molecule has 0 amide bonds. The number of aromatic nitrogens is 1. The van der Waals surface area contributed by atoms with Gasteiger partial charge in [-0.15, -0.1) is 0 Å². The molecular weight excluding hydrogens is 202 g/mol. The number of aryl methyl sites for hydroxylation is 2. The average Bonchev–Trinajstić information content (AvgIpc) is 2.30. The Morgan fingerprint density at radius 2 is 1.75 bits per heavy atom. The third-order valence-corrected chi connectivity index (χ3v) is 2.62. The van der Waals surface area contributed by atoms with Gasteiger partial charge < -0.3 is 10.2 Å². The largest absolute Gasteiger partial charge is 0.396 e. The lowest BCUT2D eigenvalue weighted by atomic mass is 10.1. The van der Waals surface area contributed by atoms with E-state index in [4.69, 9.17) is 10.2 Å². The minimum Gasteiger partial charge on any atom is -0.396 e. The van der Waals surface area contributed by atoms with Gasteiger partial charge in [-0.25, -0.2) is 4.57 Å². The van der Waals surface area contributed by atoms with Crippen molar-refractivity contribution in [3.63, 3.8) is 0 Å². The quantitative estimate of drug-likeness (QED) is 0.512. The van der Waals surface area contributed by atoms with E-state index in [-0.39, 0.29) is 13.2 Å². The Hall–Kier alpha value is -0.930. The van der Waals surface area contributed by atoms with Crippen LogP contribution in [0, 0.1) is 0 Å². The molecule has 0 saturated heterocycles. The number of aliphatic hydroxyl groups excluding tert-OH is 2. The zero-order chi connectivity index (χ0) is 11.6. The van der Waals surface area contributed by atoms with Crippen molar-refractivity contribution in [2.75, 3.05) is 13.2 Å². The highest BCUT2D eigenvalue weighted by Gasteiger charge is 2.02. The molecule has 90 valence electrons. The summed E-state index contributed by atoms with van der Waals surface area (Å²) in [4.78, 5) is 0. The van der Waals surface area contributed by atoms with Crippen molar-refractivity contribution in [3.05, 3.63) is 30.1 Å². The molecule has 3 heteroatoms. The number of hydrogen-bond donors (Lipinski definition) is 2. The second kappa shape index (κ2) is 8.25. The maximum atomic E-state index is 8.71. The van der Waals surface area contributed by atoms with Gasteiger partial charge >= 0.3 is 0 Å². The highest BCUT2D eigenvalue weighted by atomic mass is 16.3. The number of nitrogens with zero attached hydrogens (tertiary/aromatic N) is 1. The van der Waals surface area contributed by atoms with Gasteiger partial charge in [0, 0.05) is 31.3 Å². The van der Waals surface area contributed by atoms with Crippen molar-refractivity contribution in [1.82, 2.24) is 0 Å². The van der Waals surface area contributed by atoms with E-state index >= 15 is 0 Å². The minimum atomic E-state index is 0.275. The van der Waals surface area contributed by atoms with Crippen molar-refractivity contribution in [1.29, 1.82) is 0 Å². The van der Waals surface area contributed by atoms with Crippen LogP contribution in [0.3, 0.4) is 0 Å². The van der Waals surface area contributed by atoms with Crippen molar-refractivity contribution >= 4 is 0 Å². The third kappa shape index (κ3) is 5.24. The zero-order valence-electron chi connectivity index (χ0n) is 9.81. The number of hydrogen-bond acceptors (Lipinski definition) is 2. The second-order valence-corrected chi connectivity index (χ2v) is 4.06. The van der Waals surface area contributed by atoms with Gasteiger partial charge in [-0.1, -0.05) is 0 Å². The first-order valence-corrected chi connectivity index (χ1v) is 6.06. The van der Waals surface area contributed by atoms with Crippen LogP contribution >= 0.6 is 0 Å². The van der Waals surface area contributed by atoms with E-state index in [2.05, 4.69) is 29.1 Å². The molecular formula is C13H22NO2+. The van der Waals surface area contributed by atoms with E-state index < -0.39 is 0 Å². The Morgan fingerprint density at radius 1 is 1.00 bits per heavy atom. The Balaban J connectivity index is 2.37. The predicted octanol–water partition coefficient (Wildman–Crippen LogP) is 1.06. The average molecular weight is 224 g/mol. The molecule has 0 spiro atoms. The van der Waals surface area contributed by atoms with Gasteiger partial charge in [-0.2, -0.15) is 0 Å². The first-order valence-electron chi connectivity index (χ1n) is 6.06. The van der Waals surface area contributed by atoms with Crippen LogP contribution in [0.1, 0.15) is 31.2 Å². The molecule has 0 aliphatic heterocycles. The van der Waals surface area contributed by atoms with E-state index in [1.807, 2.05) is 0 Å². The lowest BCUT2D eigenvalue weighted by Crippen LogP contribution is -2.33. The van der Waals surface area contributed by atoms with Crippen LogP contribution in [-0.4, -0.2) is 23.4 Å². The van der Waals surface area contributed by atoms with Crippen LogP contribution in [0.25, 0.3) is 0 Å². The topological polar surface area (TPSA) is 44.3 Å². The molecule has 0 atom stereocenters. The number of rotatable bonds is 8. The van der Waals surface area contributed by atoms with Crippen molar-refractivity contribution in [2.45, 2.75) is 38.6 Å². The summed E-state index contributed by atoms with van der Waals surface area (Å²) in [5, 5.41) is 17.4. The molecule has 1 aromatic heterocycles. The summed E-state index contributed by atoms with van der Waals surface area (Å²) in [5.74, 6) is 0. The Kier molecular flexibility index (Phi) is 6.77. The summed E-state index contributed by atoms with van der Waals surface area (Å²) in [6, 6.07) is 4.19. The van der Waals surface area contributed by atoms with Crippen LogP contribution in [-0.2, 0) is 13.0 Å². The van der Waals surface area contributed by atoms with Crippen LogP contribution in [0.15, 0.2) is 24.5 Å². The normalized spacial score (nSPS) is 10.6. The number of unbranched alkanes of at least 4 members (excludes halogenated alkanes) is 2.